The van der Waals surface area contributed by atoms with Gasteiger partial charge in [-0.3, -0.25) is 14.4 Å². The number of carboxylic acid groups (broad SMARTS) is 1. The highest BCUT2D eigenvalue weighted by Gasteiger charge is 2.50. The van der Waals surface area contributed by atoms with Crippen LogP contribution in [-0.4, -0.2) is 89.2 Å². The first-order valence-corrected chi connectivity index (χ1v) is 34.2. The van der Waals surface area contributed by atoms with Gasteiger partial charge < -0.3 is 39.0 Å². The number of carboxylic acids is 1. The lowest BCUT2D eigenvalue weighted by Gasteiger charge is -2.40. The van der Waals surface area contributed by atoms with Gasteiger partial charge in [0.15, 0.2) is 24.6 Å². The molecule has 3 N–H and O–H groups in total. The van der Waals surface area contributed by atoms with Crippen molar-refractivity contribution in [2.45, 2.75) is 302 Å². The van der Waals surface area contributed by atoms with E-state index in [4.69, 9.17) is 23.7 Å². The number of aliphatic hydroxyl groups excluding tert-OH is 2. The summed E-state index contributed by atoms with van der Waals surface area (Å²) in [6.45, 7) is 5.73. The monoisotopic (exact) mass is 1210 g/mol. The van der Waals surface area contributed by atoms with Crippen molar-refractivity contribution in [1.82, 2.24) is 0 Å². The van der Waals surface area contributed by atoms with Gasteiger partial charge in [0.1, 0.15) is 18.8 Å². The second-order valence-corrected chi connectivity index (χ2v) is 22.7. The maximum atomic E-state index is 13.2. The van der Waals surface area contributed by atoms with E-state index in [9.17, 15) is 34.5 Å². The maximum absolute atomic E-state index is 13.2. The molecule has 1 heterocycles. The highest BCUT2D eigenvalue weighted by Crippen LogP contribution is 2.27. The molecular formula is C75H120O12. The van der Waals surface area contributed by atoms with Crippen LogP contribution in [0.5, 0.6) is 0 Å². The minimum absolute atomic E-state index is 0.0336. The zero-order valence-electron chi connectivity index (χ0n) is 54.5. The van der Waals surface area contributed by atoms with E-state index >= 15 is 0 Å². The Morgan fingerprint density at radius 2 is 0.724 bits per heavy atom. The molecule has 0 aromatic heterocycles. The summed E-state index contributed by atoms with van der Waals surface area (Å²) in [6, 6.07) is 0. The van der Waals surface area contributed by atoms with Crippen LogP contribution in [0.3, 0.4) is 0 Å². The predicted octanol–water partition coefficient (Wildman–Crippen LogP) is 18.9. The van der Waals surface area contributed by atoms with E-state index in [2.05, 4.69) is 154 Å². The Labute approximate surface area is 528 Å². The number of aliphatic hydroxyl groups is 2. The predicted molar refractivity (Wildman–Crippen MR) is 358 cm³/mol. The minimum Gasteiger partial charge on any atom is -0.479 e. The smallest absolute Gasteiger partial charge is 0.335 e. The van der Waals surface area contributed by atoms with Crippen LogP contribution in [0.2, 0.25) is 0 Å². The molecule has 1 saturated heterocycles. The molecule has 1 fully saturated rings. The van der Waals surface area contributed by atoms with Crippen LogP contribution in [-0.2, 0) is 42.9 Å². The quantitative estimate of drug-likeness (QED) is 0.0228. The molecule has 0 saturated carbocycles. The van der Waals surface area contributed by atoms with Crippen molar-refractivity contribution < 1.29 is 58.2 Å². The molecule has 0 aliphatic carbocycles. The van der Waals surface area contributed by atoms with Crippen LogP contribution in [0, 0.1) is 0 Å². The van der Waals surface area contributed by atoms with Gasteiger partial charge in [0, 0.05) is 19.3 Å². The average Bonchev–Trinajstić information content (AvgIpc) is 2.56. The third kappa shape index (κ3) is 50.4. The fourth-order valence-electron chi connectivity index (χ4n) is 9.53. The Bertz CT molecular complexity index is 2020. The van der Waals surface area contributed by atoms with Crippen LogP contribution in [0.4, 0.5) is 0 Å². The fourth-order valence-corrected chi connectivity index (χ4v) is 9.53. The molecular weight excluding hydrogens is 1090 g/mol. The van der Waals surface area contributed by atoms with E-state index < -0.39 is 67.3 Å². The molecule has 1 aliphatic heterocycles. The Hall–Kier alpha value is -5.14. The Morgan fingerprint density at radius 3 is 1.11 bits per heavy atom. The van der Waals surface area contributed by atoms with Crippen molar-refractivity contribution >= 4 is 23.9 Å². The Kier molecular flexibility index (Phi) is 56.1. The summed E-state index contributed by atoms with van der Waals surface area (Å²) in [5.41, 5.74) is 0. The molecule has 1 aliphatic rings. The standard InChI is InChI=1S/C75H120O12/c1-4-7-10-13-16-19-22-25-28-31-34-37-40-43-46-49-52-55-58-61-67(76)83-64-66(85-68(77)62-59-56-53-50-47-44-41-38-35-32-29-26-23-20-17-14-11-8-5-2)65-84-75-73(71(80)70(79)72(87-75)74(81)82)86-69(78)63-60-57-54-51-48-45-42-39-36-33-30-27-24-21-18-15-12-9-6-3/h7,9-10,12,16-21,25-30,34,36-37,39,43,46,66,70-73,75,79-80H,4-6,8,11,13-15,22-24,31-33,35,38,40-42,44-45,47-65H2,1-3H3,(H,81,82)/b10-7-,12-9-,19-16-,20-17-,21-18-,28-25-,29-26-,30-27-,37-34-,39-36-,46-43-. The third-order valence-electron chi connectivity index (χ3n) is 14.7. The maximum Gasteiger partial charge on any atom is 0.335 e. The highest BCUT2D eigenvalue weighted by atomic mass is 16.7. The molecule has 0 amide bonds. The second kappa shape index (κ2) is 61.1. The number of aliphatic carboxylic acids is 1. The number of hydrogen-bond donors (Lipinski definition) is 3. The van der Waals surface area contributed by atoms with Gasteiger partial charge in [0.25, 0.3) is 0 Å². The lowest BCUT2D eigenvalue weighted by Crippen LogP contribution is -2.61. The zero-order chi connectivity index (χ0) is 63.1. The lowest BCUT2D eigenvalue weighted by molar-refractivity contribution is -0.301. The summed E-state index contributed by atoms with van der Waals surface area (Å²) in [5, 5.41) is 31.7. The molecule has 0 spiro atoms. The van der Waals surface area contributed by atoms with Gasteiger partial charge in [-0.25, -0.2) is 4.79 Å². The average molecular weight is 1210 g/mol. The molecule has 12 nitrogen and oxygen atoms in total. The molecule has 492 valence electrons. The van der Waals surface area contributed by atoms with Gasteiger partial charge in [0.2, 0.25) is 0 Å². The third-order valence-corrected chi connectivity index (χ3v) is 14.7. The number of allylic oxidation sites excluding steroid dienone is 22. The van der Waals surface area contributed by atoms with Crippen LogP contribution >= 0.6 is 0 Å². The first-order chi connectivity index (χ1) is 42.6. The van der Waals surface area contributed by atoms with Gasteiger partial charge in [0.05, 0.1) is 6.61 Å². The number of carbonyl (C=O) groups excluding carboxylic acids is 3. The number of carbonyl (C=O) groups is 4. The summed E-state index contributed by atoms with van der Waals surface area (Å²) in [4.78, 5) is 51.5. The van der Waals surface area contributed by atoms with Crippen LogP contribution in [0.25, 0.3) is 0 Å². The SMILES string of the molecule is CC/C=C\C/C=C\C/C=C\C/C=C\C/C=C\CCCCCC(=O)OCC(COC1OC(C(=O)O)C(O)C(O)C1OC(=O)CCCCCCCC/C=C\C/C=C\C/C=C\C/C=C\CC)OC(=O)CCCCCCCCCCC/C=C\C/C=C\CCCCC. The number of hydrogen-bond acceptors (Lipinski definition) is 11. The van der Waals surface area contributed by atoms with E-state index in [1.54, 1.807) is 0 Å². The summed E-state index contributed by atoms with van der Waals surface area (Å²) in [6.07, 6.45) is 73.9. The molecule has 6 unspecified atom stereocenters. The van der Waals surface area contributed by atoms with Gasteiger partial charge >= 0.3 is 23.9 Å². The molecule has 0 bridgehead atoms. The number of esters is 3. The molecule has 12 heteroatoms. The first kappa shape index (κ1) is 79.9. The van der Waals surface area contributed by atoms with Crippen LogP contribution in [0.1, 0.15) is 265 Å². The van der Waals surface area contributed by atoms with Crippen molar-refractivity contribution in [3.8, 4) is 0 Å². The molecule has 6 atom stereocenters. The van der Waals surface area contributed by atoms with E-state index in [0.717, 1.165) is 154 Å². The second-order valence-electron chi connectivity index (χ2n) is 22.7. The van der Waals surface area contributed by atoms with Crippen molar-refractivity contribution in [3.05, 3.63) is 134 Å². The van der Waals surface area contributed by atoms with E-state index in [1.807, 2.05) is 0 Å². The van der Waals surface area contributed by atoms with Crippen molar-refractivity contribution in [2.24, 2.45) is 0 Å². The Morgan fingerprint density at radius 1 is 0.391 bits per heavy atom. The summed E-state index contributed by atoms with van der Waals surface area (Å²) < 4.78 is 28.6. The fraction of sp³-hybridized carbons (Fsp3) is 0.653. The largest absolute Gasteiger partial charge is 0.479 e. The zero-order valence-corrected chi connectivity index (χ0v) is 54.5. The number of ether oxygens (including phenoxy) is 5. The normalized spacial score (nSPS) is 18.2. The number of unbranched alkanes of at least 4 members (excludes halogenated alkanes) is 21. The van der Waals surface area contributed by atoms with Crippen molar-refractivity contribution in [3.63, 3.8) is 0 Å². The Balaban J connectivity index is 2.69. The van der Waals surface area contributed by atoms with Crippen LogP contribution < -0.4 is 0 Å². The van der Waals surface area contributed by atoms with Crippen molar-refractivity contribution in [2.75, 3.05) is 13.2 Å². The summed E-state index contributed by atoms with van der Waals surface area (Å²) in [5.74, 6) is -3.19. The van der Waals surface area contributed by atoms with Gasteiger partial charge in [-0.1, -0.05) is 244 Å². The van der Waals surface area contributed by atoms with Gasteiger partial charge in [-0.15, -0.1) is 0 Å². The molecule has 0 aromatic rings. The summed E-state index contributed by atoms with van der Waals surface area (Å²) >= 11 is 0. The highest BCUT2D eigenvalue weighted by molar-refractivity contribution is 5.74. The van der Waals surface area contributed by atoms with Crippen molar-refractivity contribution in [1.29, 1.82) is 0 Å². The first-order valence-electron chi connectivity index (χ1n) is 34.2. The minimum atomic E-state index is -1.92. The van der Waals surface area contributed by atoms with E-state index in [0.29, 0.717) is 19.3 Å². The molecule has 87 heavy (non-hydrogen) atoms. The van der Waals surface area contributed by atoms with E-state index in [-0.39, 0.29) is 25.9 Å². The molecule has 1 rings (SSSR count). The topological polar surface area (TPSA) is 175 Å². The van der Waals surface area contributed by atoms with Gasteiger partial charge in [-0.2, -0.15) is 0 Å². The van der Waals surface area contributed by atoms with E-state index in [1.165, 1.54) is 51.4 Å². The summed E-state index contributed by atoms with van der Waals surface area (Å²) in [7, 11) is 0. The van der Waals surface area contributed by atoms with Crippen LogP contribution in [0.15, 0.2) is 134 Å². The lowest BCUT2D eigenvalue weighted by atomic mass is 9.98. The molecule has 0 radical (unpaired) electrons. The molecule has 0 aromatic carbocycles. The number of rotatable bonds is 57. The van der Waals surface area contributed by atoms with Gasteiger partial charge in [-0.05, 0) is 135 Å².